The van der Waals surface area contributed by atoms with Gasteiger partial charge in [0.1, 0.15) is 0 Å². The van der Waals surface area contributed by atoms with Crippen molar-refractivity contribution in [3.8, 4) is 0 Å². The van der Waals surface area contributed by atoms with Crippen LogP contribution in [0, 0.1) is 0 Å². The Bertz CT molecular complexity index is 435. The molecule has 23 heavy (non-hydrogen) atoms. The molecular formula is C20H32FeNP-6. The Hall–Kier alpha value is -0.391. The minimum Gasteiger partial charge on any atom is -0.748 e. The normalized spacial score (nSPS) is 12.3. The molecule has 0 amide bonds. The predicted molar refractivity (Wildman–Crippen MR) is 103 cm³/mol. The average molecular weight is 373 g/mol. The third kappa shape index (κ3) is 8.32. The van der Waals surface area contributed by atoms with Gasteiger partial charge in [0.2, 0.25) is 0 Å². The molecule has 2 aromatic carbocycles. The third-order valence-corrected chi connectivity index (χ3v) is 7.29. The molecule has 0 saturated heterocycles. The summed E-state index contributed by atoms with van der Waals surface area (Å²) in [5, 5.41) is 0. The second kappa shape index (κ2) is 12.0. The van der Waals surface area contributed by atoms with E-state index in [1.165, 1.54) is 12.1 Å². The fraction of sp³-hybridized carbons (Fsp3) is 0.500. The van der Waals surface area contributed by atoms with Gasteiger partial charge < -0.3 is 35.2 Å². The van der Waals surface area contributed by atoms with Crippen LogP contribution in [0.5, 0.6) is 0 Å². The molecular weight excluding hydrogens is 341 g/mol. The van der Waals surface area contributed by atoms with E-state index in [9.17, 15) is 0 Å². The molecule has 0 bridgehead atoms. The van der Waals surface area contributed by atoms with E-state index >= 15 is 0 Å². The monoisotopic (exact) mass is 373 g/mol. The van der Waals surface area contributed by atoms with Crippen LogP contribution in [0.15, 0.2) is 54.6 Å². The standard InChI is InChI=1S/C15H27NP.C5H5.Fe/c1-12(2)17(13(3)4)15(11-16(5)6)14-9-7-8-10-14;1-2-4-5-3-1;/h7-10,12-13,15H,11H2,1-6H3;1-5H;/q-1;-5;. The van der Waals surface area contributed by atoms with E-state index in [1.54, 1.807) is 0 Å². The molecule has 0 saturated carbocycles. The molecule has 0 aromatic heterocycles. The average Bonchev–Trinajstić information content (AvgIpc) is 3.13. The van der Waals surface area contributed by atoms with E-state index in [0.29, 0.717) is 0 Å². The van der Waals surface area contributed by atoms with Gasteiger partial charge in [0.25, 0.3) is 0 Å². The van der Waals surface area contributed by atoms with Crippen molar-refractivity contribution >= 4 is 7.92 Å². The zero-order valence-electron chi connectivity index (χ0n) is 15.4. The summed E-state index contributed by atoms with van der Waals surface area (Å²) >= 11 is 0. The van der Waals surface area contributed by atoms with Crippen molar-refractivity contribution in [1.29, 1.82) is 0 Å². The fourth-order valence-corrected chi connectivity index (χ4v) is 6.63. The summed E-state index contributed by atoms with van der Waals surface area (Å²) < 4.78 is 0. The topological polar surface area (TPSA) is 3.24 Å². The van der Waals surface area contributed by atoms with Gasteiger partial charge in [-0.25, -0.2) is 12.1 Å². The zero-order valence-corrected chi connectivity index (χ0v) is 17.4. The Morgan fingerprint density at radius 2 is 1.26 bits per heavy atom. The second-order valence-corrected chi connectivity index (χ2v) is 10.2. The van der Waals surface area contributed by atoms with Crippen LogP contribution in [-0.2, 0) is 17.1 Å². The summed E-state index contributed by atoms with van der Waals surface area (Å²) in [7, 11) is 4.40. The Labute approximate surface area is 155 Å². The molecule has 0 N–H and O–H groups in total. The van der Waals surface area contributed by atoms with Crippen molar-refractivity contribution in [1.82, 2.24) is 4.90 Å². The van der Waals surface area contributed by atoms with Crippen molar-refractivity contribution in [2.24, 2.45) is 0 Å². The van der Waals surface area contributed by atoms with E-state index in [-0.39, 0.29) is 25.0 Å². The molecule has 1 atom stereocenters. The van der Waals surface area contributed by atoms with Crippen LogP contribution in [0.2, 0.25) is 0 Å². The van der Waals surface area contributed by atoms with E-state index in [1.807, 2.05) is 30.3 Å². The minimum absolute atomic E-state index is 0. The van der Waals surface area contributed by atoms with Crippen LogP contribution < -0.4 is 0 Å². The number of hydrogen-bond acceptors (Lipinski definition) is 1. The quantitative estimate of drug-likeness (QED) is 0.356. The number of nitrogens with zero attached hydrogens (tertiary/aromatic N) is 1. The van der Waals surface area contributed by atoms with Gasteiger partial charge in [-0.2, -0.15) is 12.1 Å². The van der Waals surface area contributed by atoms with Crippen molar-refractivity contribution in [3.63, 3.8) is 0 Å². The molecule has 0 fully saturated rings. The maximum Gasteiger partial charge on any atom is 0 e. The Kier molecular flexibility index (Phi) is 11.8. The van der Waals surface area contributed by atoms with Crippen LogP contribution >= 0.6 is 7.92 Å². The van der Waals surface area contributed by atoms with Crippen molar-refractivity contribution in [2.75, 3.05) is 20.6 Å². The molecule has 2 rings (SSSR count). The Morgan fingerprint density at radius 1 is 0.870 bits per heavy atom. The van der Waals surface area contributed by atoms with Gasteiger partial charge in [-0.1, -0.05) is 27.7 Å². The third-order valence-electron chi connectivity index (χ3n) is 3.72. The summed E-state index contributed by atoms with van der Waals surface area (Å²) in [6.45, 7) is 10.7. The van der Waals surface area contributed by atoms with E-state index in [4.69, 9.17) is 0 Å². The molecule has 3 heteroatoms. The van der Waals surface area contributed by atoms with Gasteiger partial charge in [0.05, 0.1) is 0 Å². The summed E-state index contributed by atoms with van der Waals surface area (Å²) in [4.78, 5) is 2.33. The van der Waals surface area contributed by atoms with Crippen LogP contribution in [0.1, 0.15) is 38.9 Å². The summed E-state index contributed by atoms with van der Waals surface area (Å²) in [5.41, 5.74) is 3.84. The molecule has 0 aliphatic heterocycles. The first-order chi connectivity index (χ1) is 10.4. The first kappa shape index (κ1) is 22.6. The number of rotatable bonds is 6. The van der Waals surface area contributed by atoms with Crippen LogP contribution in [0.3, 0.4) is 0 Å². The molecule has 0 spiro atoms. The number of hydrogen-bond donors (Lipinski definition) is 0. The minimum atomic E-state index is 0. The first-order valence-electron chi connectivity index (χ1n) is 8.24. The smallest absolute Gasteiger partial charge is 0 e. The summed E-state index contributed by atoms with van der Waals surface area (Å²) in [6, 6.07) is 18.9. The molecule has 1 unspecified atom stereocenters. The van der Waals surface area contributed by atoms with Crippen LogP contribution in [0.4, 0.5) is 0 Å². The molecule has 0 aliphatic rings. The summed E-state index contributed by atoms with van der Waals surface area (Å²) in [5.74, 6) is 0. The molecule has 0 radical (unpaired) electrons. The second-order valence-electron chi connectivity index (χ2n) is 6.59. The first-order valence-corrected chi connectivity index (χ1v) is 9.78. The maximum atomic E-state index is 2.39. The predicted octanol–water partition coefficient (Wildman–Crippen LogP) is 5.71. The molecule has 0 aliphatic carbocycles. The van der Waals surface area contributed by atoms with Gasteiger partial charge in [0, 0.05) is 17.1 Å². The Morgan fingerprint density at radius 3 is 1.57 bits per heavy atom. The molecule has 1 nitrogen and oxygen atoms in total. The van der Waals surface area contributed by atoms with Gasteiger partial charge >= 0.3 is 0 Å². The van der Waals surface area contributed by atoms with Crippen molar-refractivity contribution in [2.45, 2.75) is 44.7 Å². The van der Waals surface area contributed by atoms with E-state index < -0.39 is 0 Å². The van der Waals surface area contributed by atoms with Gasteiger partial charge in [-0.15, -0.1) is 13.5 Å². The molecule has 136 valence electrons. The van der Waals surface area contributed by atoms with Gasteiger partial charge in [0.15, 0.2) is 0 Å². The SMILES string of the molecule is CC(C)P(C(C)C)C(CN(C)C)[c-]1cccc1.[Fe].[cH-]1[cH-][cH-][cH-][cH-]1. The van der Waals surface area contributed by atoms with Crippen molar-refractivity contribution < 1.29 is 17.1 Å². The van der Waals surface area contributed by atoms with Crippen LogP contribution in [0.25, 0.3) is 0 Å². The molecule has 0 heterocycles. The van der Waals surface area contributed by atoms with Gasteiger partial charge in [-0.05, 0) is 37.6 Å². The van der Waals surface area contributed by atoms with E-state index in [0.717, 1.165) is 17.0 Å². The maximum absolute atomic E-state index is 2.39. The molecule has 2 aromatic rings. The Balaban J connectivity index is 0.000000684. The largest absolute Gasteiger partial charge is 0.748 e. The fourth-order valence-electron chi connectivity index (χ4n) is 2.97. The van der Waals surface area contributed by atoms with Crippen LogP contribution in [-0.4, -0.2) is 36.9 Å². The van der Waals surface area contributed by atoms with Crippen molar-refractivity contribution in [3.05, 3.63) is 60.2 Å². The number of likely N-dealkylation sites (N-methyl/N-ethyl adjacent to an activating group) is 1. The summed E-state index contributed by atoms with van der Waals surface area (Å²) in [6.07, 6.45) is 0. The van der Waals surface area contributed by atoms with E-state index in [2.05, 4.69) is 71.0 Å². The zero-order chi connectivity index (χ0) is 16.5. The van der Waals surface area contributed by atoms with Gasteiger partial charge in [-0.3, -0.25) is 0 Å².